The van der Waals surface area contributed by atoms with Crippen LogP contribution in [0.4, 0.5) is 10.1 Å². The van der Waals surface area contributed by atoms with Crippen LogP contribution in [0.5, 0.6) is 0 Å². The number of nitrogens with zero attached hydrogens (tertiary/aromatic N) is 2. The van der Waals surface area contributed by atoms with E-state index >= 15 is 0 Å². The zero-order chi connectivity index (χ0) is 27.3. The average molecular weight is 566 g/mol. The molecule has 0 bridgehead atoms. The van der Waals surface area contributed by atoms with Gasteiger partial charge >= 0.3 is 0 Å². The minimum absolute atomic E-state index is 0.116. The van der Waals surface area contributed by atoms with Crippen molar-refractivity contribution in [2.24, 2.45) is 0 Å². The van der Waals surface area contributed by atoms with Gasteiger partial charge in [0.05, 0.1) is 10.6 Å². The summed E-state index contributed by atoms with van der Waals surface area (Å²) in [6.45, 7) is 2.33. The van der Waals surface area contributed by atoms with Gasteiger partial charge in [0, 0.05) is 29.2 Å². The highest BCUT2D eigenvalue weighted by atomic mass is 35.5. The predicted octanol–water partition coefficient (Wildman–Crippen LogP) is 4.80. The third kappa shape index (κ3) is 6.41. The molecule has 11 heteroatoms. The number of amides is 2. The highest BCUT2D eigenvalue weighted by molar-refractivity contribution is 7.92. The molecule has 0 aliphatic rings. The third-order valence-corrected chi connectivity index (χ3v) is 8.30. The van der Waals surface area contributed by atoms with Crippen molar-refractivity contribution in [2.45, 2.75) is 31.3 Å². The number of hydrogen-bond acceptors (Lipinski definition) is 4. The molecule has 0 aliphatic heterocycles. The number of halogens is 3. The SMILES string of the molecule is CNC(=O)[C@@H](C)N(Cc1c(Cl)cccc1Cl)C(=O)CN(c1ccccc1F)S(=O)(=O)c1ccc(C)cc1. The molecule has 7 nitrogen and oxygen atoms in total. The highest BCUT2D eigenvalue weighted by Gasteiger charge is 2.33. The van der Waals surface area contributed by atoms with E-state index in [9.17, 15) is 22.4 Å². The van der Waals surface area contributed by atoms with E-state index in [2.05, 4.69) is 5.32 Å². The molecule has 0 saturated heterocycles. The van der Waals surface area contributed by atoms with Crippen molar-refractivity contribution in [3.8, 4) is 0 Å². The molecule has 3 rings (SSSR count). The second-order valence-corrected chi connectivity index (χ2v) is 11.0. The van der Waals surface area contributed by atoms with Crippen molar-refractivity contribution < 1.29 is 22.4 Å². The van der Waals surface area contributed by atoms with E-state index in [1.54, 1.807) is 37.3 Å². The van der Waals surface area contributed by atoms with Crippen molar-refractivity contribution in [1.29, 1.82) is 0 Å². The minimum Gasteiger partial charge on any atom is -0.357 e. The van der Waals surface area contributed by atoms with Crippen LogP contribution in [0.2, 0.25) is 10.0 Å². The van der Waals surface area contributed by atoms with Crippen LogP contribution in [0.3, 0.4) is 0 Å². The topological polar surface area (TPSA) is 86.8 Å². The van der Waals surface area contributed by atoms with Crippen molar-refractivity contribution in [3.63, 3.8) is 0 Å². The third-order valence-electron chi connectivity index (χ3n) is 5.81. The second kappa shape index (κ2) is 11.9. The average Bonchev–Trinajstić information content (AvgIpc) is 2.87. The van der Waals surface area contributed by atoms with Crippen molar-refractivity contribution >= 4 is 50.7 Å². The number of sulfonamides is 1. The lowest BCUT2D eigenvalue weighted by Crippen LogP contribution is -2.51. The molecule has 3 aromatic rings. The molecule has 196 valence electrons. The number of carbonyl (C=O) groups is 2. The summed E-state index contributed by atoms with van der Waals surface area (Å²) in [5.74, 6) is -2.08. The number of anilines is 1. The molecule has 0 aliphatic carbocycles. The van der Waals surface area contributed by atoms with Crippen molar-refractivity contribution in [2.75, 3.05) is 17.9 Å². The van der Waals surface area contributed by atoms with Gasteiger partial charge in [-0.05, 0) is 50.2 Å². The Morgan fingerprint density at radius 3 is 2.14 bits per heavy atom. The summed E-state index contributed by atoms with van der Waals surface area (Å²) < 4.78 is 42.9. The standard InChI is InChI=1S/C26H26Cl2FN3O4S/c1-17-11-13-19(14-12-17)37(35,36)32(24-10-5-4-9-23(24)29)16-25(33)31(18(2)26(34)30-3)15-20-21(27)7-6-8-22(20)28/h4-14,18H,15-16H2,1-3H3,(H,30,34)/t18-/m1/s1. The summed E-state index contributed by atoms with van der Waals surface area (Å²) >= 11 is 12.6. The summed E-state index contributed by atoms with van der Waals surface area (Å²) in [6, 6.07) is 15.0. The Morgan fingerprint density at radius 2 is 1.57 bits per heavy atom. The number of benzene rings is 3. The molecule has 0 radical (unpaired) electrons. The van der Waals surface area contributed by atoms with Gasteiger partial charge in [0.2, 0.25) is 11.8 Å². The van der Waals surface area contributed by atoms with Crippen LogP contribution in [-0.4, -0.2) is 44.8 Å². The Kier molecular flexibility index (Phi) is 9.17. The van der Waals surface area contributed by atoms with E-state index in [-0.39, 0.29) is 27.2 Å². The second-order valence-electron chi connectivity index (χ2n) is 8.29. The Hall–Kier alpha value is -3.14. The summed E-state index contributed by atoms with van der Waals surface area (Å²) in [5.41, 5.74) is 0.906. The molecular formula is C26H26Cl2FN3O4S. The molecule has 2 amide bonds. The highest BCUT2D eigenvalue weighted by Crippen LogP contribution is 2.29. The molecule has 0 fully saturated rings. The lowest BCUT2D eigenvalue weighted by atomic mass is 10.1. The van der Waals surface area contributed by atoms with Gasteiger partial charge in [-0.25, -0.2) is 12.8 Å². The van der Waals surface area contributed by atoms with Crippen LogP contribution < -0.4 is 9.62 Å². The maximum atomic E-state index is 14.9. The summed E-state index contributed by atoms with van der Waals surface area (Å²) in [7, 11) is -2.96. The molecule has 1 atom stereocenters. The number of likely N-dealkylation sites (N-methyl/N-ethyl adjacent to an activating group) is 1. The van der Waals surface area contributed by atoms with Crippen LogP contribution in [0.25, 0.3) is 0 Å². The zero-order valence-corrected chi connectivity index (χ0v) is 22.7. The van der Waals surface area contributed by atoms with E-state index in [1.807, 2.05) is 0 Å². The number of para-hydroxylation sites is 1. The Labute approximate surface area is 225 Å². The molecule has 0 spiro atoms. The summed E-state index contributed by atoms with van der Waals surface area (Å²) in [5, 5.41) is 3.02. The Balaban J connectivity index is 2.08. The van der Waals surface area contributed by atoms with Gasteiger partial charge in [0.25, 0.3) is 10.0 Å². The van der Waals surface area contributed by atoms with Gasteiger partial charge in [-0.2, -0.15) is 0 Å². The first-order chi connectivity index (χ1) is 17.5. The van der Waals surface area contributed by atoms with Gasteiger partial charge in [0.1, 0.15) is 18.4 Å². The van der Waals surface area contributed by atoms with Crippen LogP contribution in [0.15, 0.2) is 71.6 Å². The Morgan fingerprint density at radius 1 is 0.973 bits per heavy atom. The number of rotatable bonds is 9. The fourth-order valence-electron chi connectivity index (χ4n) is 3.65. The van der Waals surface area contributed by atoms with Gasteiger partial charge in [0.15, 0.2) is 0 Å². The van der Waals surface area contributed by atoms with E-state index in [1.165, 1.54) is 44.3 Å². The Bertz CT molecular complexity index is 1380. The predicted molar refractivity (Wildman–Crippen MR) is 143 cm³/mol. The largest absolute Gasteiger partial charge is 0.357 e. The zero-order valence-electron chi connectivity index (χ0n) is 20.4. The molecule has 0 aromatic heterocycles. The molecule has 0 saturated carbocycles. The summed E-state index contributed by atoms with van der Waals surface area (Å²) in [6.07, 6.45) is 0. The van der Waals surface area contributed by atoms with Crippen LogP contribution in [-0.2, 0) is 26.2 Å². The molecule has 0 unspecified atom stereocenters. The molecule has 0 heterocycles. The first-order valence-electron chi connectivity index (χ1n) is 11.2. The van der Waals surface area contributed by atoms with Gasteiger partial charge < -0.3 is 10.2 Å². The van der Waals surface area contributed by atoms with Crippen molar-refractivity contribution in [1.82, 2.24) is 10.2 Å². The first-order valence-corrected chi connectivity index (χ1v) is 13.4. The van der Waals surface area contributed by atoms with Gasteiger partial charge in [-0.3, -0.25) is 13.9 Å². The van der Waals surface area contributed by atoms with Crippen LogP contribution in [0.1, 0.15) is 18.1 Å². The van der Waals surface area contributed by atoms with Gasteiger partial charge in [-0.15, -0.1) is 0 Å². The van der Waals surface area contributed by atoms with Gasteiger partial charge in [-0.1, -0.05) is 59.1 Å². The molecule has 37 heavy (non-hydrogen) atoms. The number of aryl methyl sites for hydroxylation is 1. The maximum absolute atomic E-state index is 14.9. The lowest BCUT2D eigenvalue weighted by molar-refractivity contribution is -0.139. The van der Waals surface area contributed by atoms with Crippen LogP contribution >= 0.6 is 23.2 Å². The van der Waals surface area contributed by atoms with E-state index in [4.69, 9.17) is 23.2 Å². The maximum Gasteiger partial charge on any atom is 0.264 e. The number of nitrogens with one attached hydrogen (secondary N) is 1. The van der Waals surface area contributed by atoms with E-state index < -0.39 is 40.2 Å². The smallest absolute Gasteiger partial charge is 0.264 e. The molecular weight excluding hydrogens is 540 g/mol. The minimum atomic E-state index is -4.37. The first kappa shape index (κ1) is 28.4. The van der Waals surface area contributed by atoms with Crippen molar-refractivity contribution in [3.05, 3.63) is 93.7 Å². The van der Waals surface area contributed by atoms with Crippen LogP contribution in [0, 0.1) is 12.7 Å². The molecule has 1 N–H and O–H groups in total. The number of hydrogen-bond donors (Lipinski definition) is 1. The lowest BCUT2D eigenvalue weighted by Gasteiger charge is -2.32. The monoisotopic (exact) mass is 565 g/mol. The quantitative estimate of drug-likeness (QED) is 0.403. The summed E-state index contributed by atoms with van der Waals surface area (Å²) in [4.78, 5) is 27.2. The van der Waals surface area contributed by atoms with E-state index in [0.29, 0.717) is 9.87 Å². The fourth-order valence-corrected chi connectivity index (χ4v) is 5.59. The normalized spacial score (nSPS) is 12.1. The van der Waals surface area contributed by atoms with E-state index in [0.717, 1.165) is 16.5 Å². The fraction of sp³-hybridized carbons (Fsp3) is 0.231. The number of carbonyl (C=O) groups excluding carboxylic acids is 2. The molecule has 3 aromatic carbocycles.